The van der Waals surface area contributed by atoms with E-state index < -0.39 is 6.04 Å². The molecule has 3 atom stereocenters. The number of carbonyl (C=O) groups excluding carboxylic acids is 2. The standard InChI is InChI=1S/C27H32ClN3O3/c28-22-6-3-5-21(16-22)27(33)31-24-7-2-1-4-20(24)17-25(31)26(32)29-18-19-8-10-23(11-9-19)30-12-14-34-15-13-30/h3,5-6,8-11,16,20,24-25H,1-2,4,7,12-15,17-18H2,(H,29,32). The van der Waals surface area contributed by atoms with Crippen molar-refractivity contribution in [2.75, 3.05) is 31.2 Å². The number of fused-ring (bicyclic) bond motifs is 1. The lowest BCUT2D eigenvalue weighted by atomic mass is 9.84. The molecule has 34 heavy (non-hydrogen) atoms. The topological polar surface area (TPSA) is 61.9 Å². The zero-order chi connectivity index (χ0) is 23.5. The molecule has 3 fully saturated rings. The first-order chi connectivity index (χ1) is 16.6. The Balaban J connectivity index is 1.27. The minimum absolute atomic E-state index is 0.0676. The third-order valence-corrected chi connectivity index (χ3v) is 7.71. The number of anilines is 1. The van der Waals surface area contributed by atoms with Crippen LogP contribution in [0, 0.1) is 5.92 Å². The van der Waals surface area contributed by atoms with Gasteiger partial charge in [-0.05, 0) is 61.1 Å². The first kappa shape index (κ1) is 23.2. The molecule has 0 aromatic heterocycles. The molecule has 3 aliphatic rings. The van der Waals surface area contributed by atoms with Crippen LogP contribution in [0.4, 0.5) is 5.69 Å². The Morgan fingerprint density at radius 3 is 2.56 bits per heavy atom. The molecule has 0 radical (unpaired) electrons. The summed E-state index contributed by atoms with van der Waals surface area (Å²) >= 11 is 6.15. The fourth-order valence-electron chi connectivity index (χ4n) is 5.71. The number of hydrogen-bond donors (Lipinski definition) is 1. The Morgan fingerprint density at radius 1 is 1.03 bits per heavy atom. The maximum atomic E-state index is 13.5. The monoisotopic (exact) mass is 481 g/mol. The van der Waals surface area contributed by atoms with Gasteiger partial charge >= 0.3 is 0 Å². The van der Waals surface area contributed by atoms with Gasteiger partial charge in [0.05, 0.1) is 13.2 Å². The molecule has 6 nitrogen and oxygen atoms in total. The van der Waals surface area contributed by atoms with E-state index in [2.05, 4.69) is 34.5 Å². The van der Waals surface area contributed by atoms with Crippen LogP contribution in [0.15, 0.2) is 48.5 Å². The summed E-state index contributed by atoms with van der Waals surface area (Å²) in [5, 5.41) is 3.64. The predicted molar refractivity (Wildman–Crippen MR) is 133 cm³/mol. The number of morpholine rings is 1. The SMILES string of the molecule is O=C(NCc1ccc(N2CCOCC2)cc1)C1CC2CCCCC2N1C(=O)c1cccc(Cl)c1. The average Bonchev–Trinajstić information content (AvgIpc) is 3.27. The highest BCUT2D eigenvalue weighted by molar-refractivity contribution is 6.31. The minimum atomic E-state index is -0.438. The molecule has 180 valence electrons. The van der Waals surface area contributed by atoms with Crippen LogP contribution in [0.1, 0.15) is 48.0 Å². The smallest absolute Gasteiger partial charge is 0.254 e. The van der Waals surface area contributed by atoms with Crippen molar-refractivity contribution in [3.63, 3.8) is 0 Å². The third-order valence-electron chi connectivity index (χ3n) is 7.48. The van der Waals surface area contributed by atoms with Crippen molar-refractivity contribution in [1.29, 1.82) is 0 Å². The first-order valence-electron chi connectivity index (χ1n) is 12.4. The normalized spacial score (nSPS) is 24.6. The molecule has 1 saturated carbocycles. The van der Waals surface area contributed by atoms with Crippen LogP contribution in [0.25, 0.3) is 0 Å². The highest BCUT2D eigenvalue weighted by Crippen LogP contribution is 2.40. The van der Waals surface area contributed by atoms with Gasteiger partial charge in [-0.15, -0.1) is 0 Å². The second kappa shape index (κ2) is 10.4. The summed E-state index contributed by atoms with van der Waals surface area (Å²) in [6, 6.07) is 15.1. The van der Waals surface area contributed by atoms with Gasteiger partial charge in [0.25, 0.3) is 5.91 Å². The molecule has 2 aromatic rings. The number of amides is 2. The second-order valence-electron chi connectivity index (χ2n) is 9.57. The Kier molecular flexibility index (Phi) is 7.07. The molecule has 1 N–H and O–H groups in total. The molecule has 0 spiro atoms. The number of ether oxygens (including phenoxy) is 1. The molecule has 1 aliphatic carbocycles. The number of halogens is 1. The van der Waals surface area contributed by atoms with E-state index in [0.717, 1.165) is 57.6 Å². The highest BCUT2D eigenvalue weighted by Gasteiger charge is 2.47. The molecule has 3 unspecified atom stereocenters. The lowest BCUT2D eigenvalue weighted by Crippen LogP contribution is -2.49. The number of rotatable bonds is 5. The summed E-state index contributed by atoms with van der Waals surface area (Å²) in [4.78, 5) is 31.0. The molecule has 2 aromatic carbocycles. The minimum Gasteiger partial charge on any atom is -0.378 e. The number of hydrogen-bond acceptors (Lipinski definition) is 4. The van der Waals surface area contributed by atoms with Gasteiger partial charge in [0, 0.05) is 41.9 Å². The summed E-state index contributed by atoms with van der Waals surface area (Å²) in [6.45, 7) is 3.76. The van der Waals surface area contributed by atoms with Crippen molar-refractivity contribution in [2.24, 2.45) is 5.92 Å². The van der Waals surface area contributed by atoms with E-state index in [4.69, 9.17) is 16.3 Å². The van der Waals surface area contributed by atoms with Gasteiger partial charge in [-0.1, -0.05) is 42.6 Å². The van der Waals surface area contributed by atoms with E-state index >= 15 is 0 Å². The average molecular weight is 482 g/mol. The van der Waals surface area contributed by atoms with Crippen molar-refractivity contribution in [2.45, 2.75) is 50.7 Å². The van der Waals surface area contributed by atoms with Crippen molar-refractivity contribution in [3.05, 3.63) is 64.7 Å². The fraction of sp³-hybridized carbons (Fsp3) is 0.481. The third kappa shape index (κ3) is 4.93. The van der Waals surface area contributed by atoms with Gasteiger partial charge in [-0.25, -0.2) is 0 Å². The maximum Gasteiger partial charge on any atom is 0.254 e. The summed E-state index contributed by atoms with van der Waals surface area (Å²) in [6.07, 6.45) is 5.05. The Bertz CT molecular complexity index is 1020. The van der Waals surface area contributed by atoms with Gasteiger partial charge < -0.3 is 19.9 Å². The molecule has 5 rings (SSSR count). The van der Waals surface area contributed by atoms with Crippen LogP contribution in [0.2, 0.25) is 5.02 Å². The molecular formula is C27H32ClN3O3. The number of likely N-dealkylation sites (tertiary alicyclic amines) is 1. The van der Waals surface area contributed by atoms with Crippen molar-refractivity contribution < 1.29 is 14.3 Å². The van der Waals surface area contributed by atoms with Gasteiger partial charge in [-0.3, -0.25) is 9.59 Å². The molecular weight excluding hydrogens is 450 g/mol. The number of nitrogens with one attached hydrogen (secondary N) is 1. The summed E-state index contributed by atoms with van der Waals surface area (Å²) in [7, 11) is 0. The van der Waals surface area contributed by atoms with Gasteiger partial charge in [0.1, 0.15) is 6.04 Å². The van der Waals surface area contributed by atoms with Crippen LogP contribution < -0.4 is 10.2 Å². The predicted octanol–water partition coefficient (Wildman–Crippen LogP) is 4.27. The van der Waals surface area contributed by atoms with Crippen LogP contribution in [0.3, 0.4) is 0 Å². The number of carbonyl (C=O) groups is 2. The van der Waals surface area contributed by atoms with Gasteiger partial charge in [0.15, 0.2) is 0 Å². The van der Waals surface area contributed by atoms with E-state index in [1.165, 1.54) is 12.1 Å². The maximum absolute atomic E-state index is 13.5. The number of benzene rings is 2. The fourth-order valence-corrected chi connectivity index (χ4v) is 5.90. The molecule has 2 aliphatic heterocycles. The van der Waals surface area contributed by atoms with E-state index in [-0.39, 0.29) is 17.9 Å². The largest absolute Gasteiger partial charge is 0.378 e. The van der Waals surface area contributed by atoms with E-state index in [1.807, 2.05) is 4.90 Å². The van der Waals surface area contributed by atoms with Crippen molar-refractivity contribution in [3.8, 4) is 0 Å². The Hall–Kier alpha value is -2.57. The molecule has 2 saturated heterocycles. The molecule has 2 heterocycles. The van der Waals surface area contributed by atoms with E-state index in [0.29, 0.717) is 23.0 Å². The van der Waals surface area contributed by atoms with Crippen LogP contribution in [-0.2, 0) is 16.1 Å². The number of nitrogens with zero attached hydrogens (tertiary/aromatic N) is 2. The Morgan fingerprint density at radius 2 is 1.79 bits per heavy atom. The summed E-state index contributed by atoms with van der Waals surface area (Å²) in [5.41, 5.74) is 2.78. The van der Waals surface area contributed by atoms with Gasteiger partial charge in [-0.2, -0.15) is 0 Å². The van der Waals surface area contributed by atoms with Crippen LogP contribution in [0.5, 0.6) is 0 Å². The first-order valence-corrected chi connectivity index (χ1v) is 12.8. The van der Waals surface area contributed by atoms with E-state index in [1.54, 1.807) is 24.3 Å². The summed E-state index contributed by atoms with van der Waals surface area (Å²) < 4.78 is 5.43. The summed E-state index contributed by atoms with van der Waals surface area (Å²) in [5.74, 6) is 0.231. The van der Waals surface area contributed by atoms with Crippen LogP contribution in [-0.4, -0.2) is 55.1 Å². The lowest BCUT2D eigenvalue weighted by molar-refractivity contribution is -0.125. The van der Waals surface area contributed by atoms with Gasteiger partial charge in [0.2, 0.25) is 5.91 Å². The van der Waals surface area contributed by atoms with Crippen molar-refractivity contribution >= 4 is 29.1 Å². The lowest BCUT2D eigenvalue weighted by Gasteiger charge is -2.33. The molecule has 2 amide bonds. The molecule has 7 heteroatoms. The van der Waals surface area contributed by atoms with Crippen LogP contribution >= 0.6 is 11.6 Å². The Labute approximate surface area is 206 Å². The zero-order valence-corrected chi connectivity index (χ0v) is 20.2. The van der Waals surface area contributed by atoms with Crippen molar-refractivity contribution in [1.82, 2.24) is 10.2 Å². The second-order valence-corrected chi connectivity index (χ2v) is 10.0. The quantitative estimate of drug-likeness (QED) is 0.693. The zero-order valence-electron chi connectivity index (χ0n) is 19.4. The van der Waals surface area contributed by atoms with E-state index in [9.17, 15) is 9.59 Å². The highest BCUT2D eigenvalue weighted by atomic mass is 35.5. The molecule has 0 bridgehead atoms.